The molecule has 0 spiro atoms. The van der Waals surface area contributed by atoms with E-state index < -0.39 is 0 Å². The number of hydrogen-bond donors (Lipinski definition) is 3. The molecule has 0 aliphatic carbocycles. The van der Waals surface area contributed by atoms with E-state index in [1.54, 1.807) is 27.4 Å². The number of fused-ring (bicyclic) bond motifs is 1. The molecule has 8 nitrogen and oxygen atoms in total. The normalized spacial score (nSPS) is 13.1. The molecule has 0 unspecified atom stereocenters. The van der Waals surface area contributed by atoms with Crippen LogP contribution in [-0.2, 0) is 19.5 Å². The van der Waals surface area contributed by atoms with Gasteiger partial charge in [0.1, 0.15) is 0 Å². The van der Waals surface area contributed by atoms with Gasteiger partial charge in [-0.15, -0.1) is 0 Å². The molecule has 1 amide bonds. The number of hydrogen-bond acceptors (Lipinski definition) is 6. The summed E-state index contributed by atoms with van der Waals surface area (Å²) in [5, 5.41) is 13.3. The van der Waals surface area contributed by atoms with E-state index >= 15 is 0 Å². The van der Waals surface area contributed by atoms with Crippen LogP contribution in [0.25, 0.3) is 0 Å². The van der Waals surface area contributed by atoms with E-state index in [2.05, 4.69) is 20.8 Å². The Morgan fingerprint density at radius 2 is 2.00 bits per heavy atom. The monoisotopic (exact) mass is 346 g/mol. The van der Waals surface area contributed by atoms with E-state index in [0.717, 1.165) is 29.8 Å². The zero-order valence-corrected chi connectivity index (χ0v) is 14.6. The Balaban J connectivity index is 1.77. The van der Waals surface area contributed by atoms with E-state index in [4.69, 9.17) is 14.2 Å². The van der Waals surface area contributed by atoms with Gasteiger partial charge in [0.25, 0.3) is 5.91 Å². The fraction of sp³-hybridized carbons (Fsp3) is 0.412. The average molecular weight is 346 g/mol. The lowest BCUT2D eigenvalue weighted by Crippen LogP contribution is -2.28. The summed E-state index contributed by atoms with van der Waals surface area (Å²) < 4.78 is 16.1. The average Bonchev–Trinajstić information content (AvgIpc) is 3.09. The summed E-state index contributed by atoms with van der Waals surface area (Å²) in [6.07, 6.45) is 0.846. The molecule has 1 aromatic carbocycles. The smallest absolute Gasteiger partial charge is 0.272 e. The molecule has 1 aromatic heterocycles. The van der Waals surface area contributed by atoms with Gasteiger partial charge in [0.2, 0.25) is 5.75 Å². The van der Waals surface area contributed by atoms with Crippen molar-refractivity contribution in [1.82, 2.24) is 20.8 Å². The number of H-pyrrole nitrogens is 1. The molecule has 0 bridgehead atoms. The molecular weight excluding hydrogens is 324 g/mol. The SMILES string of the molecule is COc1ccc(CNC(=O)c2n[nH]c3c2CNCC3)c(OC)c1OC. The van der Waals surface area contributed by atoms with Crippen LogP contribution in [-0.4, -0.2) is 44.0 Å². The first-order chi connectivity index (χ1) is 12.2. The lowest BCUT2D eigenvalue weighted by Gasteiger charge is -2.16. The number of carbonyl (C=O) groups excluding carboxylic acids is 1. The second-order valence-electron chi connectivity index (χ2n) is 5.63. The standard InChI is InChI=1S/C17H22N4O4/c1-23-13-5-4-10(15(24-2)16(13)25-3)8-19-17(22)14-11-9-18-7-6-12(11)20-21-14/h4-5,18H,6-9H2,1-3H3,(H,19,22)(H,20,21). The van der Waals surface area contributed by atoms with Crippen LogP contribution in [0.3, 0.4) is 0 Å². The van der Waals surface area contributed by atoms with Crippen molar-refractivity contribution < 1.29 is 19.0 Å². The molecule has 2 aromatic rings. The molecule has 0 saturated carbocycles. The second-order valence-corrected chi connectivity index (χ2v) is 5.63. The largest absolute Gasteiger partial charge is 0.493 e. The molecule has 1 aliphatic heterocycles. The van der Waals surface area contributed by atoms with Crippen molar-refractivity contribution >= 4 is 5.91 Å². The summed E-state index contributed by atoms with van der Waals surface area (Å²) in [5.74, 6) is 1.38. The van der Waals surface area contributed by atoms with Gasteiger partial charge in [-0.05, 0) is 12.1 Å². The van der Waals surface area contributed by atoms with E-state index in [1.165, 1.54) is 0 Å². The number of ether oxygens (including phenoxy) is 3. The number of aromatic nitrogens is 2. The molecule has 0 radical (unpaired) electrons. The summed E-state index contributed by atoms with van der Waals surface area (Å²) in [6, 6.07) is 3.62. The summed E-state index contributed by atoms with van der Waals surface area (Å²) in [7, 11) is 4.66. The summed E-state index contributed by atoms with van der Waals surface area (Å²) in [4.78, 5) is 12.5. The maximum atomic E-state index is 12.5. The lowest BCUT2D eigenvalue weighted by molar-refractivity contribution is 0.0944. The first-order valence-electron chi connectivity index (χ1n) is 8.02. The van der Waals surface area contributed by atoms with Crippen molar-refractivity contribution in [3.8, 4) is 17.2 Å². The van der Waals surface area contributed by atoms with Crippen molar-refractivity contribution in [2.45, 2.75) is 19.5 Å². The fourth-order valence-corrected chi connectivity index (χ4v) is 2.97. The third-order valence-corrected chi connectivity index (χ3v) is 4.25. The molecule has 8 heteroatoms. The Morgan fingerprint density at radius 1 is 1.20 bits per heavy atom. The second kappa shape index (κ2) is 7.43. The zero-order chi connectivity index (χ0) is 17.8. The topological polar surface area (TPSA) is 97.5 Å². The molecule has 0 fully saturated rings. The molecule has 0 atom stereocenters. The van der Waals surface area contributed by atoms with E-state index in [0.29, 0.717) is 29.5 Å². The number of rotatable bonds is 6. The number of aromatic amines is 1. The van der Waals surface area contributed by atoms with E-state index in [-0.39, 0.29) is 12.5 Å². The van der Waals surface area contributed by atoms with Crippen LogP contribution in [0.1, 0.15) is 27.3 Å². The maximum Gasteiger partial charge on any atom is 0.272 e. The van der Waals surface area contributed by atoms with Crippen molar-refractivity contribution in [3.05, 3.63) is 34.6 Å². The van der Waals surface area contributed by atoms with Crippen LogP contribution in [0.2, 0.25) is 0 Å². The third-order valence-electron chi connectivity index (χ3n) is 4.25. The van der Waals surface area contributed by atoms with Gasteiger partial charge in [-0.3, -0.25) is 9.89 Å². The summed E-state index contributed by atoms with van der Waals surface area (Å²) >= 11 is 0. The highest BCUT2D eigenvalue weighted by molar-refractivity contribution is 5.94. The fourth-order valence-electron chi connectivity index (χ4n) is 2.97. The van der Waals surface area contributed by atoms with Gasteiger partial charge in [-0.1, -0.05) is 0 Å². The van der Waals surface area contributed by atoms with E-state index in [9.17, 15) is 4.79 Å². The minimum atomic E-state index is -0.224. The van der Waals surface area contributed by atoms with Gasteiger partial charge in [0, 0.05) is 42.9 Å². The zero-order valence-electron chi connectivity index (χ0n) is 14.6. The number of carbonyl (C=O) groups is 1. The van der Waals surface area contributed by atoms with Gasteiger partial charge in [-0.25, -0.2) is 0 Å². The van der Waals surface area contributed by atoms with Gasteiger partial charge < -0.3 is 24.8 Å². The third kappa shape index (κ3) is 3.25. The minimum Gasteiger partial charge on any atom is -0.493 e. The number of nitrogens with zero attached hydrogens (tertiary/aromatic N) is 1. The van der Waals surface area contributed by atoms with Crippen LogP contribution in [0.4, 0.5) is 0 Å². The highest BCUT2D eigenvalue weighted by Crippen LogP contribution is 2.39. The van der Waals surface area contributed by atoms with Gasteiger partial charge in [0.15, 0.2) is 17.2 Å². The first-order valence-corrected chi connectivity index (χ1v) is 8.02. The number of methoxy groups -OCH3 is 3. The molecule has 3 rings (SSSR count). The quantitative estimate of drug-likeness (QED) is 0.722. The van der Waals surface area contributed by atoms with Gasteiger partial charge >= 0.3 is 0 Å². The highest BCUT2D eigenvalue weighted by Gasteiger charge is 2.22. The van der Waals surface area contributed by atoms with Crippen molar-refractivity contribution in [2.75, 3.05) is 27.9 Å². The molecule has 3 N–H and O–H groups in total. The molecule has 2 heterocycles. The summed E-state index contributed by atoms with van der Waals surface area (Å²) in [5.41, 5.74) is 3.17. The van der Waals surface area contributed by atoms with Crippen molar-refractivity contribution in [3.63, 3.8) is 0 Å². The van der Waals surface area contributed by atoms with Crippen LogP contribution < -0.4 is 24.8 Å². The van der Waals surface area contributed by atoms with Crippen LogP contribution in [0.15, 0.2) is 12.1 Å². The Labute approximate surface area is 145 Å². The van der Waals surface area contributed by atoms with Crippen LogP contribution in [0.5, 0.6) is 17.2 Å². The van der Waals surface area contributed by atoms with Gasteiger partial charge in [-0.2, -0.15) is 5.10 Å². The summed E-state index contributed by atoms with van der Waals surface area (Å²) in [6.45, 7) is 1.82. The lowest BCUT2D eigenvalue weighted by atomic mass is 10.1. The highest BCUT2D eigenvalue weighted by atomic mass is 16.5. The first kappa shape index (κ1) is 17.1. The predicted octanol–water partition coefficient (Wildman–Crippen LogP) is 1.01. The number of benzene rings is 1. The van der Waals surface area contributed by atoms with Crippen LogP contribution in [0, 0.1) is 0 Å². The predicted molar refractivity (Wildman–Crippen MR) is 91.3 cm³/mol. The molecule has 134 valence electrons. The van der Waals surface area contributed by atoms with Crippen molar-refractivity contribution in [1.29, 1.82) is 0 Å². The van der Waals surface area contributed by atoms with E-state index in [1.807, 2.05) is 6.07 Å². The Hall–Kier alpha value is -2.74. The maximum absolute atomic E-state index is 12.5. The Kier molecular flexibility index (Phi) is 5.08. The molecule has 25 heavy (non-hydrogen) atoms. The van der Waals surface area contributed by atoms with Crippen molar-refractivity contribution in [2.24, 2.45) is 0 Å². The molecule has 0 saturated heterocycles. The number of amides is 1. The van der Waals surface area contributed by atoms with Gasteiger partial charge in [0.05, 0.1) is 21.3 Å². The number of nitrogens with one attached hydrogen (secondary N) is 3. The Morgan fingerprint density at radius 3 is 2.72 bits per heavy atom. The molecular formula is C17H22N4O4. The van der Waals surface area contributed by atoms with Crippen LogP contribution >= 0.6 is 0 Å². The molecule has 1 aliphatic rings. The minimum absolute atomic E-state index is 0.224. The Bertz CT molecular complexity index is 772.